The van der Waals surface area contributed by atoms with Crippen molar-refractivity contribution in [2.75, 3.05) is 26.2 Å². The van der Waals surface area contributed by atoms with Gasteiger partial charge in [-0.05, 0) is 44.3 Å². The normalized spacial score (nSPS) is 21.7. The molecule has 1 heterocycles. The summed E-state index contributed by atoms with van der Waals surface area (Å²) in [5.41, 5.74) is 0.555. The van der Waals surface area contributed by atoms with Crippen molar-refractivity contribution in [3.8, 4) is 0 Å². The summed E-state index contributed by atoms with van der Waals surface area (Å²) in [7, 11) is 0. The summed E-state index contributed by atoms with van der Waals surface area (Å²) in [5.74, 6) is 0. The van der Waals surface area contributed by atoms with Gasteiger partial charge in [0.2, 0.25) is 0 Å². The minimum absolute atomic E-state index is 0.555. The first-order valence-electron chi connectivity index (χ1n) is 5.68. The van der Waals surface area contributed by atoms with Crippen LogP contribution < -0.4 is 10.6 Å². The predicted molar refractivity (Wildman–Crippen MR) is 58.0 cm³/mol. The number of rotatable bonds is 5. The standard InChI is InChI=1S/C11H24N2/c1-3-4-7-13-10-11(2)5-8-12-9-6-11/h12-13H,3-10H2,1-2H3. The molecular weight excluding hydrogens is 160 g/mol. The molecule has 0 amide bonds. The van der Waals surface area contributed by atoms with Gasteiger partial charge in [0.25, 0.3) is 0 Å². The van der Waals surface area contributed by atoms with Gasteiger partial charge < -0.3 is 10.6 Å². The van der Waals surface area contributed by atoms with Crippen molar-refractivity contribution < 1.29 is 0 Å². The average Bonchev–Trinajstić information content (AvgIpc) is 2.14. The van der Waals surface area contributed by atoms with Crippen LogP contribution in [0.25, 0.3) is 0 Å². The highest BCUT2D eigenvalue weighted by molar-refractivity contribution is 4.82. The fourth-order valence-corrected chi connectivity index (χ4v) is 1.90. The van der Waals surface area contributed by atoms with E-state index in [4.69, 9.17) is 0 Å². The van der Waals surface area contributed by atoms with Gasteiger partial charge in [-0.25, -0.2) is 0 Å². The highest BCUT2D eigenvalue weighted by Crippen LogP contribution is 2.26. The van der Waals surface area contributed by atoms with E-state index in [-0.39, 0.29) is 0 Å². The average molecular weight is 184 g/mol. The number of hydrogen-bond donors (Lipinski definition) is 2. The summed E-state index contributed by atoms with van der Waals surface area (Å²) < 4.78 is 0. The molecule has 1 fully saturated rings. The number of piperidine rings is 1. The molecule has 2 N–H and O–H groups in total. The number of nitrogens with one attached hydrogen (secondary N) is 2. The van der Waals surface area contributed by atoms with E-state index >= 15 is 0 Å². The molecule has 78 valence electrons. The van der Waals surface area contributed by atoms with Crippen LogP contribution in [0.1, 0.15) is 39.5 Å². The Morgan fingerprint density at radius 2 is 2.00 bits per heavy atom. The summed E-state index contributed by atoms with van der Waals surface area (Å²) in [5, 5.41) is 6.98. The Labute approximate surface area is 82.5 Å². The molecule has 1 aliphatic rings. The van der Waals surface area contributed by atoms with Gasteiger partial charge in [-0.1, -0.05) is 20.3 Å². The molecule has 1 saturated heterocycles. The van der Waals surface area contributed by atoms with Gasteiger partial charge in [-0.15, -0.1) is 0 Å². The molecule has 1 aliphatic heterocycles. The second-order valence-electron chi connectivity index (χ2n) is 4.59. The summed E-state index contributed by atoms with van der Waals surface area (Å²) in [6.07, 6.45) is 5.26. The maximum absolute atomic E-state index is 3.57. The number of unbranched alkanes of at least 4 members (excludes halogenated alkanes) is 1. The van der Waals surface area contributed by atoms with Crippen LogP contribution in [0.5, 0.6) is 0 Å². The Hall–Kier alpha value is -0.0800. The van der Waals surface area contributed by atoms with Crippen LogP contribution in [0.4, 0.5) is 0 Å². The van der Waals surface area contributed by atoms with Gasteiger partial charge in [-0.2, -0.15) is 0 Å². The van der Waals surface area contributed by atoms with Crippen molar-refractivity contribution >= 4 is 0 Å². The fourth-order valence-electron chi connectivity index (χ4n) is 1.90. The summed E-state index contributed by atoms with van der Waals surface area (Å²) in [6.45, 7) is 9.45. The van der Waals surface area contributed by atoms with Gasteiger partial charge in [0.1, 0.15) is 0 Å². The van der Waals surface area contributed by atoms with E-state index in [1.165, 1.54) is 51.9 Å². The highest BCUT2D eigenvalue weighted by atomic mass is 14.9. The lowest BCUT2D eigenvalue weighted by Crippen LogP contribution is -2.41. The van der Waals surface area contributed by atoms with E-state index in [1.54, 1.807) is 0 Å². The van der Waals surface area contributed by atoms with Gasteiger partial charge in [0.05, 0.1) is 0 Å². The van der Waals surface area contributed by atoms with Crippen molar-refractivity contribution in [3.05, 3.63) is 0 Å². The van der Waals surface area contributed by atoms with E-state index in [2.05, 4.69) is 24.5 Å². The molecule has 0 aromatic carbocycles. The van der Waals surface area contributed by atoms with Crippen molar-refractivity contribution in [3.63, 3.8) is 0 Å². The molecule has 2 heteroatoms. The minimum atomic E-state index is 0.555. The second-order valence-corrected chi connectivity index (χ2v) is 4.59. The molecule has 1 rings (SSSR count). The molecule has 13 heavy (non-hydrogen) atoms. The number of hydrogen-bond acceptors (Lipinski definition) is 2. The Morgan fingerprint density at radius 3 is 2.62 bits per heavy atom. The van der Waals surface area contributed by atoms with Crippen LogP contribution in [0.15, 0.2) is 0 Å². The Bertz CT molecular complexity index is 128. The third-order valence-corrected chi connectivity index (χ3v) is 3.07. The largest absolute Gasteiger partial charge is 0.317 e. The van der Waals surface area contributed by atoms with Crippen LogP contribution in [0.3, 0.4) is 0 Å². The van der Waals surface area contributed by atoms with Crippen LogP contribution >= 0.6 is 0 Å². The molecule has 2 nitrogen and oxygen atoms in total. The molecular formula is C11H24N2. The lowest BCUT2D eigenvalue weighted by atomic mass is 9.81. The lowest BCUT2D eigenvalue weighted by molar-refractivity contribution is 0.220. The van der Waals surface area contributed by atoms with Crippen molar-refractivity contribution in [1.29, 1.82) is 0 Å². The summed E-state index contributed by atoms with van der Waals surface area (Å²) in [6, 6.07) is 0. The fraction of sp³-hybridized carbons (Fsp3) is 1.00. The van der Waals surface area contributed by atoms with Crippen molar-refractivity contribution in [2.45, 2.75) is 39.5 Å². The smallest absolute Gasteiger partial charge is 0.000611 e. The molecule has 0 bridgehead atoms. The van der Waals surface area contributed by atoms with Gasteiger partial charge >= 0.3 is 0 Å². The predicted octanol–water partition coefficient (Wildman–Crippen LogP) is 1.77. The van der Waals surface area contributed by atoms with Crippen LogP contribution in [0.2, 0.25) is 0 Å². The van der Waals surface area contributed by atoms with Gasteiger partial charge in [0.15, 0.2) is 0 Å². The van der Waals surface area contributed by atoms with E-state index in [1.807, 2.05) is 0 Å². The maximum atomic E-state index is 3.57. The quantitative estimate of drug-likeness (QED) is 0.636. The highest BCUT2D eigenvalue weighted by Gasteiger charge is 2.25. The Morgan fingerprint density at radius 1 is 1.31 bits per heavy atom. The van der Waals surface area contributed by atoms with Crippen molar-refractivity contribution in [1.82, 2.24) is 10.6 Å². The lowest BCUT2D eigenvalue weighted by Gasteiger charge is -2.34. The molecule has 0 unspecified atom stereocenters. The molecule has 0 aromatic rings. The van der Waals surface area contributed by atoms with E-state index < -0.39 is 0 Å². The SMILES string of the molecule is CCCCNCC1(C)CCNCC1. The van der Waals surface area contributed by atoms with E-state index in [0.717, 1.165) is 0 Å². The molecule has 0 atom stereocenters. The van der Waals surface area contributed by atoms with Crippen LogP contribution in [-0.2, 0) is 0 Å². The van der Waals surface area contributed by atoms with Crippen LogP contribution in [-0.4, -0.2) is 26.2 Å². The first-order chi connectivity index (χ1) is 6.27. The molecule has 0 radical (unpaired) electrons. The zero-order valence-electron chi connectivity index (χ0n) is 9.16. The third kappa shape index (κ3) is 4.10. The zero-order valence-corrected chi connectivity index (χ0v) is 9.16. The monoisotopic (exact) mass is 184 g/mol. The zero-order chi connectivity index (χ0) is 9.57. The first kappa shape index (κ1) is 11.0. The Kier molecular flexibility index (Phi) is 4.74. The summed E-state index contributed by atoms with van der Waals surface area (Å²) in [4.78, 5) is 0. The van der Waals surface area contributed by atoms with E-state index in [0.29, 0.717) is 5.41 Å². The van der Waals surface area contributed by atoms with Crippen molar-refractivity contribution in [2.24, 2.45) is 5.41 Å². The Balaban J connectivity index is 2.10. The topological polar surface area (TPSA) is 24.1 Å². The maximum Gasteiger partial charge on any atom is 0.000611 e. The van der Waals surface area contributed by atoms with Gasteiger partial charge in [-0.3, -0.25) is 0 Å². The first-order valence-corrected chi connectivity index (χ1v) is 5.68. The van der Waals surface area contributed by atoms with Crippen LogP contribution in [0, 0.1) is 5.41 Å². The third-order valence-electron chi connectivity index (χ3n) is 3.07. The minimum Gasteiger partial charge on any atom is -0.317 e. The molecule has 0 aromatic heterocycles. The second kappa shape index (κ2) is 5.61. The van der Waals surface area contributed by atoms with Gasteiger partial charge in [0, 0.05) is 6.54 Å². The molecule has 0 aliphatic carbocycles. The summed E-state index contributed by atoms with van der Waals surface area (Å²) >= 11 is 0. The molecule has 0 spiro atoms. The molecule has 0 saturated carbocycles. The van der Waals surface area contributed by atoms with E-state index in [9.17, 15) is 0 Å².